The van der Waals surface area contributed by atoms with E-state index in [1.54, 1.807) is 11.1 Å². The fourth-order valence-corrected chi connectivity index (χ4v) is 9.79. The van der Waals surface area contributed by atoms with Gasteiger partial charge in [0.25, 0.3) is 0 Å². The summed E-state index contributed by atoms with van der Waals surface area (Å²) in [5, 5.41) is -0.216. The number of rotatable bonds is 0. The van der Waals surface area contributed by atoms with Crippen molar-refractivity contribution >= 4 is 23.2 Å². The number of hydrogen-bond acceptors (Lipinski definition) is 0. The quantitative estimate of drug-likeness (QED) is 0.167. The van der Waals surface area contributed by atoms with Crippen LogP contribution in [0.3, 0.4) is 0 Å². The molecule has 0 fully saturated rings. The van der Waals surface area contributed by atoms with Gasteiger partial charge in [-0.1, -0.05) is 108 Å². The molecule has 0 heterocycles. The van der Waals surface area contributed by atoms with Gasteiger partial charge in [0.1, 0.15) is 0 Å². The molecular formula is C34H24Cl2. The summed E-state index contributed by atoms with van der Waals surface area (Å²) in [7, 11) is 0. The molecule has 4 aromatic rings. The summed E-state index contributed by atoms with van der Waals surface area (Å²) in [5.74, 6) is 1.51. The smallest absolute Gasteiger partial charge is 0.0580 e. The van der Waals surface area contributed by atoms with E-state index in [4.69, 9.17) is 23.2 Å². The van der Waals surface area contributed by atoms with Crippen LogP contribution in [0.1, 0.15) is 68.2 Å². The fraction of sp³-hybridized carbons (Fsp3) is 0.235. The van der Waals surface area contributed by atoms with Gasteiger partial charge >= 0.3 is 0 Å². The monoisotopic (exact) mass is 502 g/mol. The first-order valence-corrected chi connectivity index (χ1v) is 14.0. The predicted molar refractivity (Wildman–Crippen MR) is 146 cm³/mol. The zero-order chi connectivity index (χ0) is 23.7. The normalized spacial score (nSPS) is 33.7. The molecule has 0 radical (unpaired) electrons. The molecular weight excluding hydrogens is 479 g/mol. The molecule has 4 bridgehead atoms. The van der Waals surface area contributed by atoms with Crippen molar-refractivity contribution in [1.82, 2.24) is 0 Å². The van der Waals surface area contributed by atoms with E-state index in [9.17, 15) is 0 Å². The first-order chi connectivity index (χ1) is 17.8. The highest BCUT2D eigenvalue weighted by atomic mass is 35.5. The van der Waals surface area contributed by atoms with E-state index in [0.717, 1.165) is 0 Å². The van der Waals surface area contributed by atoms with Crippen LogP contribution in [0.15, 0.2) is 108 Å². The van der Waals surface area contributed by atoms with Crippen LogP contribution in [0.5, 0.6) is 0 Å². The molecule has 0 N–H and O–H groups in total. The topological polar surface area (TPSA) is 0 Å². The summed E-state index contributed by atoms with van der Waals surface area (Å²) < 4.78 is 0. The summed E-state index contributed by atoms with van der Waals surface area (Å²) in [6.45, 7) is 0. The van der Waals surface area contributed by atoms with Gasteiger partial charge in [-0.3, -0.25) is 0 Å². The van der Waals surface area contributed by atoms with Crippen LogP contribution >= 0.6 is 23.2 Å². The van der Waals surface area contributed by atoms with E-state index in [1.807, 2.05) is 0 Å². The fourth-order valence-electron chi connectivity index (χ4n) is 8.91. The van der Waals surface area contributed by atoms with E-state index in [1.165, 1.54) is 44.5 Å². The molecule has 0 saturated heterocycles. The Balaban J connectivity index is 1.43. The van der Waals surface area contributed by atoms with Crippen molar-refractivity contribution in [3.8, 4) is 0 Å². The van der Waals surface area contributed by atoms with Crippen molar-refractivity contribution in [1.29, 1.82) is 0 Å². The second-order valence-electron chi connectivity index (χ2n) is 11.2. The Hall–Kier alpha value is -2.80. The van der Waals surface area contributed by atoms with Crippen LogP contribution in [-0.4, -0.2) is 10.8 Å². The molecule has 7 aliphatic rings. The molecule has 0 aliphatic heterocycles. The Morgan fingerprint density at radius 3 is 0.889 bits per heavy atom. The van der Waals surface area contributed by atoms with Crippen molar-refractivity contribution in [2.45, 2.75) is 34.4 Å². The maximum Gasteiger partial charge on any atom is 0.0580 e. The minimum atomic E-state index is -0.108. The summed E-state index contributed by atoms with van der Waals surface area (Å²) >= 11 is 15.0. The lowest BCUT2D eigenvalue weighted by Gasteiger charge is -2.59. The molecule has 7 aliphatic carbocycles. The van der Waals surface area contributed by atoms with E-state index in [0.29, 0.717) is 0 Å². The second kappa shape index (κ2) is 6.94. The molecule has 0 saturated carbocycles. The maximum absolute atomic E-state index is 7.51. The highest BCUT2D eigenvalue weighted by Crippen LogP contribution is 2.70. The van der Waals surface area contributed by atoms with Gasteiger partial charge in [0, 0.05) is 35.5 Å². The summed E-state index contributed by atoms with van der Waals surface area (Å²) in [4.78, 5) is 0. The molecule has 4 aromatic carbocycles. The second-order valence-corrected chi connectivity index (χ2v) is 12.2. The lowest BCUT2D eigenvalue weighted by Crippen LogP contribution is -2.52. The molecule has 0 unspecified atom stereocenters. The third-order valence-electron chi connectivity index (χ3n) is 9.95. The Labute approximate surface area is 221 Å². The van der Waals surface area contributed by atoms with Gasteiger partial charge in [0.05, 0.1) is 10.8 Å². The molecule has 0 spiro atoms. The van der Waals surface area contributed by atoms with Crippen molar-refractivity contribution in [3.05, 3.63) is 153 Å². The predicted octanol–water partition coefficient (Wildman–Crippen LogP) is 8.33. The minimum absolute atomic E-state index is 0.108. The van der Waals surface area contributed by atoms with E-state index >= 15 is 0 Å². The number of allylic oxidation sites excluding steroid dienone is 2. The zero-order valence-corrected chi connectivity index (χ0v) is 21.1. The van der Waals surface area contributed by atoms with Crippen molar-refractivity contribution < 1.29 is 0 Å². The number of hydrogen-bond donors (Lipinski definition) is 0. The molecule has 0 amide bonds. The molecule has 174 valence electrons. The van der Waals surface area contributed by atoms with Crippen LogP contribution in [-0.2, 0) is 0 Å². The van der Waals surface area contributed by atoms with E-state index in [-0.39, 0.29) is 46.3 Å². The lowest BCUT2D eigenvalue weighted by atomic mass is 9.46. The van der Waals surface area contributed by atoms with Gasteiger partial charge in [-0.15, -0.1) is 23.2 Å². The Bertz CT molecular complexity index is 1410. The Morgan fingerprint density at radius 1 is 0.361 bits per heavy atom. The van der Waals surface area contributed by atoms with Crippen molar-refractivity contribution in [2.24, 2.45) is 11.8 Å². The van der Waals surface area contributed by atoms with E-state index < -0.39 is 0 Å². The maximum atomic E-state index is 7.51. The van der Waals surface area contributed by atoms with Crippen LogP contribution < -0.4 is 0 Å². The largest absolute Gasteiger partial charge is 0.121 e. The first-order valence-electron chi connectivity index (χ1n) is 13.1. The zero-order valence-electron chi connectivity index (χ0n) is 19.6. The highest BCUT2D eigenvalue weighted by molar-refractivity contribution is 6.31. The molecule has 4 atom stereocenters. The van der Waals surface area contributed by atoms with Gasteiger partial charge in [-0.25, -0.2) is 0 Å². The standard InChI is InChI=1S/C34H24Cl2/c35-33-31-27-21-13-5-1-9-17(21)25(18-10-2-6-14-22(18)27)29(31)30-26-19-11-3-7-15-23(19)28(32(30)34(33)36)24-16-8-4-12-20(24)26/h1-16,25-28,31-34H/t25?,26?,27?,28?,31-,32-,33-,34+/m0/s1. The number of alkyl halides is 2. The average Bonchev–Trinajstić information content (AvgIpc) is 2.95. The number of halogens is 2. The van der Waals surface area contributed by atoms with Crippen molar-refractivity contribution in [3.63, 3.8) is 0 Å². The van der Waals surface area contributed by atoms with Crippen LogP contribution in [0.4, 0.5) is 0 Å². The van der Waals surface area contributed by atoms with Crippen LogP contribution in [0.2, 0.25) is 0 Å². The molecule has 0 nitrogen and oxygen atoms in total. The van der Waals surface area contributed by atoms with Crippen molar-refractivity contribution in [2.75, 3.05) is 0 Å². The minimum Gasteiger partial charge on any atom is -0.121 e. The third kappa shape index (κ3) is 2.22. The molecule has 0 aromatic heterocycles. The summed E-state index contributed by atoms with van der Waals surface area (Å²) in [5.41, 5.74) is 14.8. The Kier molecular flexibility index (Phi) is 3.91. The van der Waals surface area contributed by atoms with Gasteiger partial charge in [-0.2, -0.15) is 0 Å². The highest BCUT2D eigenvalue weighted by Gasteiger charge is 2.60. The number of benzene rings is 4. The van der Waals surface area contributed by atoms with Crippen LogP contribution in [0, 0.1) is 11.8 Å². The van der Waals surface area contributed by atoms with Gasteiger partial charge < -0.3 is 0 Å². The average molecular weight is 503 g/mol. The first kappa shape index (κ1) is 20.3. The molecule has 36 heavy (non-hydrogen) atoms. The lowest BCUT2D eigenvalue weighted by molar-refractivity contribution is 0.315. The van der Waals surface area contributed by atoms with Gasteiger partial charge in [0.15, 0.2) is 0 Å². The van der Waals surface area contributed by atoms with Gasteiger partial charge in [0.2, 0.25) is 0 Å². The van der Waals surface area contributed by atoms with Crippen LogP contribution in [0.25, 0.3) is 0 Å². The summed E-state index contributed by atoms with van der Waals surface area (Å²) in [6.07, 6.45) is 0. The summed E-state index contributed by atoms with van der Waals surface area (Å²) in [6, 6.07) is 36.4. The Morgan fingerprint density at radius 2 is 0.611 bits per heavy atom. The SMILES string of the molecule is Cl[C@@H]1[C@H](Cl)[C@@H]2C(=C3C4c5ccccc5C(c5ccccc54)[C@@H]31)C1c3ccccc3C2c2ccccc21. The third-order valence-corrected chi connectivity index (χ3v) is 11.2. The van der Waals surface area contributed by atoms with E-state index in [2.05, 4.69) is 97.1 Å². The molecule has 11 rings (SSSR count). The molecule has 2 heteroatoms. The van der Waals surface area contributed by atoms with Gasteiger partial charge in [-0.05, 0) is 44.5 Å².